The van der Waals surface area contributed by atoms with Crippen LogP contribution in [-0.4, -0.2) is 22.7 Å². The highest BCUT2D eigenvalue weighted by atomic mass is 16.4. The van der Waals surface area contributed by atoms with Crippen LogP contribution in [0.1, 0.15) is 65.7 Å². The van der Waals surface area contributed by atoms with Gasteiger partial charge in [0.05, 0.1) is 0 Å². The SMILES string of the molecule is CCCCC(C)NC1(C(=O)O)CCCCC1C. The predicted molar refractivity (Wildman–Crippen MR) is 70.1 cm³/mol. The standard InChI is InChI=1S/C14H27NO2/c1-4-5-9-12(3)15-14(13(16)17)10-7-6-8-11(14)2/h11-12,15H,4-10H2,1-3H3,(H,16,17). The molecule has 0 aliphatic heterocycles. The summed E-state index contributed by atoms with van der Waals surface area (Å²) in [6.45, 7) is 6.36. The number of carboxylic acids is 1. The number of carboxylic acid groups (broad SMARTS) is 1. The summed E-state index contributed by atoms with van der Waals surface area (Å²) in [7, 11) is 0. The molecule has 0 amide bonds. The van der Waals surface area contributed by atoms with Gasteiger partial charge in [0.2, 0.25) is 0 Å². The van der Waals surface area contributed by atoms with Crippen LogP contribution in [0.5, 0.6) is 0 Å². The zero-order valence-electron chi connectivity index (χ0n) is 11.5. The Hall–Kier alpha value is -0.570. The molecule has 0 aromatic rings. The lowest BCUT2D eigenvalue weighted by Gasteiger charge is -2.41. The Morgan fingerprint density at radius 3 is 2.76 bits per heavy atom. The molecule has 1 aliphatic carbocycles. The fraction of sp³-hybridized carbons (Fsp3) is 0.929. The minimum absolute atomic E-state index is 0.234. The number of unbranched alkanes of at least 4 members (excludes halogenated alkanes) is 1. The molecular formula is C14H27NO2. The lowest BCUT2D eigenvalue weighted by Crippen LogP contribution is -2.60. The average Bonchev–Trinajstić information content (AvgIpc) is 2.29. The molecule has 3 atom stereocenters. The maximum absolute atomic E-state index is 11.6. The molecule has 0 spiro atoms. The van der Waals surface area contributed by atoms with Crippen molar-refractivity contribution in [2.45, 2.75) is 77.3 Å². The van der Waals surface area contributed by atoms with E-state index in [1.54, 1.807) is 0 Å². The third kappa shape index (κ3) is 3.44. The quantitative estimate of drug-likeness (QED) is 0.751. The molecule has 1 fully saturated rings. The first-order chi connectivity index (χ1) is 8.03. The van der Waals surface area contributed by atoms with Gasteiger partial charge in [0.25, 0.3) is 0 Å². The molecule has 100 valence electrons. The number of rotatable bonds is 6. The monoisotopic (exact) mass is 241 g/mol. The van der Waals surface area contributed by atoms with Gasteiger partial charge >= 0.3 is 5.97 Å². The Balaban J connectivity index is 2.67. The van der Waals surface area contributed by atoms with E-state index in [9.17, 15) is 9.90 Å². The zero-order valence-corrected chi connectivity index (χ0v) is 11.5. The van der Waals surface area contributed by atoms with Gasteiger partial charge in [-0.25, -0.2) is 0 Å². The summed E-state index contributed by atoms with van der Waals surface area (Å²) in [5, 5.41) is 13.0. The van der Waals surface area contributed by atoms with Crippen LogP contribution in [-0.2, 0) is 4.79 Å². The molecule has 3 nitrogen and oxygen atoms in total. The summed E-state index contributed by atoms with van der Waals surface area (Å²) in [6, 6.07) is 0.298. The molecule has 0 aromatic carbocycles. The van der Waals surface area contributed by atoms with E-state index < -0.39 is 11.5 Å². The molecule has 0 aromatic heterocycles. The van der Waals surface area contributed by atoms with Gasteiger partial charge in [0.15, 0.2) is 0 Å². The van der Waals surface area contributed by atoms with E-state index in [-0.39, 0.29) is 5.92 Å². The third-order valence-electron chi connectivity index (χ3n) is 4.18. The van der Waals surface area contributed by atoms with Gasteiger partial charge in [-0.1, -0.05) is 39.5 Å². The normalized spacial score (nSPS) is 31.1. The van der Waals surface area contributed by atoms with E-state index in [1.165, 1.54) is 12.8 Å². The van der Waals surface area contributed by atoms with E-state index in [1.807, 2.05) is 0 Å². The van der Waals surface area contributed by atoms with E-state index >= 15 is 0 Å². The van der Waals surface area contributed by atoms with Gasteiger partial charge < -0.3 is 5.11 Å². The van der Waals surface area contributed by atoms with Gasteiger partial charge in [0, 0.05) is 6.04 Å². The predicted octanol–water partition coefficient (Wildman–Crippen LogP) is 3.19. The van der Waals surface area contributed by atoms with Gasteiger partial charge in [-0.2, -0.15) is 0 Å². The number of carbonyl (C=O) groups is 1. The fourth-order valence-electron chi connectivity index (χ4n) is 2.96. The zero-order chi connectivity index (χ0) is 12.9. The van der Waals surface area contributed by atoms with Crippen LogP contribution in [0.4, 0.5) is 0 Å². The molecule has 1 saturated carbocycles. The minimum Gasteiger partial charge on any atom is -0.480 e. The van der Waals surface area contributed by atoms with Crippen LogP contribution >= 0.6 is 0 Å². The van der Waals surface area contributed by atoms with Gasteiger partial charge in [-0.15, -0.1) is 0 Å². The number of hydrogen-bond acceptors (Lipinski definition) is 2. The van der Waals surface area contributed by atoms with Crippen molar-refractivity contribution < 1.29 is 9.90 Å². The highest BCUT2D eigenvalue weighted by molar-refractivity contribution is 5.79. The molecule has 17 heavy (non-hydrogen) atoms. The Bertz CT molecular complexity index is 255. The molecular weight excluding hydrogens is 214 g/mol. The van der Waals surface area contributed by atoms with Gasteiger partial charge in [-0.3, -0.25) is 10.1 Å². The Morgan fingerprint density at radius 2 is 2.24 bits per heavy atom. The van der Waals surface area contributed by atoms with E-state index in [4.69, 9.17) is 0 Å². The highest BCUT2D eigenvalue weighted by Crippen LogP contribution is 2.34. The summed E-state index contributed by atoms with van der Waals surface area (Å²) in [5.41, 5.74) is -0.675. The first-order valence-electron chi connectivity index (χ1n) is 7.04. The lowest BCUT2D eigenvalue weighted by atomic mass is 9.73. The molecule has 3 unspecified atom stereocenters. The van der Waals surface area contributed by atoms with Gasteiger partial charge in [-0.05, 0) is 32.1 Å². The second-order valence-corrected chi connectivity index (χ2v) is 5.61. The van der Waals surface area contributed by atoms with Crippen molar-refractivity contribution in [3.63, 3.8) is 0 Å². The van der Waals surface area contributed by atoms with E-state index in [0.29, 0.717) is 6.04 Å². The Kier molecular flexibility index (Phi) is 5.44. The minimum atomic E-state index is -0.675. The van der Waals surface area contributed by atoms with Crippen LogP contribution in [0.25, 0.3) is 0 Å². The van der Waals surface area contributed by atoms with Crippen LogP contribution in [0, 0.1) is 5.92 Å². The molecule has 0 heterocycles. The topological polar surface area (TPSA) is 49.3 Å². The highest BCUT2D eigenvalue weighted by Gasteiger charge is 2.45. The van der Waals surface area contributed by atoms with Crippen LogP contribution in [0.2, 0.25) is 0 Å². The summed E-state index contributed by atoms with van der Waals surface area (Å²) < 4.78 is 0. The first kappa shape index (κ1) is 14.5. The smallest absolute Gasteiger partial charge is 0.324 e. The molecule has 2 N–H and O–H groups in total. The van der Waals surface area contributed by atoms with Gasteiger partial charge in [0.1, 0.15) is 5.54 Å². The maximum Gasteiger partial charge on any atom is 0.324 e. The summed E-state index contributed by atoms with van der Waals surface area (Å²) in [6.07, 6.45) is 7.41. The van der Waals surface area contributed by atoms with Crippen molar-refractivity contribution in [3.8, 4) is 0 Å². The summed E-state index contributed by atoms with van der Waals surface area (Å²) in [4.78, 5) is 11.6. The third-order valence-corrected chi connectivity index (χ3v) is 4.18. The number of hydrogen-bond donors (Lipinski definition) is 2. The molecule has 0 bridgehead atoms. The maximum atomic E-state index is 11.6. The molecule has 0 radical (unpaired) electrons. The second kappa shape index (κ2) is 6.39. The van der Waals surface area contributed by atoms with E-state index in [2.05, 4.69) is 26.1 Å². The van der Waals surface area contributed by atoms with E-state index in [0.717, 1.165) is 32.1 Å². The molecule has 1 aliphatic rings. The van der Waals surface area contributed by atoms with Crippen molar-refractivity contribution >= 4 is 5.97 Å². The number of aliphatic carboxylic acids is 1. The fourth-order valence-corrected chi connectivity index (χ4v) is 2.96. The second-order valence-electron chi connectivity index (χ2n) is 5.61. The van der Waals surface area contributed by atoms with Crippen molar-refractivity contribution in [2.75, 3.05) is 0 Å². The van der Waals surface area contributed by atoms with Crippen molar-refractivity contribution in [1.29, 1.82) is 0 Å². The summed E-state index contributed by atoms with van der Waals surface area (Å²) >= 11 is 0. The van der Waals surface area contributed by atoms with Crippen LogP contribution in [0.3, 0.4) is 0 Å². The molecule has 3 heteroatoms. The van der Waals surface area contributed by atoms with Crippen molar-refractivity contribution in [3.05, 3.63) is 0 Å². The number of nitrogens with one attached hydrogen (secondary N) is 1. The lowest BCUT2D eigenvalue weighted by molar-refractivity contribution is -0.149. The van der Waals surface area contributed by atoms with Crippen LogP contribution < -0.4 is 5.32 Å². The first-order valence-corrected chi connectivity index (χ1v) is 7.04. The van der Waals surface area contributed by atoms with Crippen molar-refractivity contribution in [2.24, 2.45) is 5.92 Å². The van der Waals surface area contributed by atoms with Crippen molar-refractivity contribution in [1.82, 2.24) is 5.32 Å². The Morgan fingerprint density at radius 1 is 1.53 bits per heavy atom. The average molecular weight is 241 g/mol. The molecule has 0 saturated heterocycles. The molecule has 1 rings (SSSR count). The van der Waals surface area contributed by atoms with Crippen LogP contribution in [0.15, 0.2) is 0 Å². The summed E-state index contributed by atoms with van der Waals surface area (Å²) in [5.74, 6) is -0.425. The Labute approximate surface area is 105 Å². The largest absolute Gasteiger partial charge is 0.480 e.